The van der Waals surface area contributed by atoms with Gasteiger partial charge in [-0.05, 0) is 0 Å². The first-order valence-electron chi connectivity index (χ1n) is 11.0. The second-order valence-electron chi connectivity index (χ2n) is 8.59. The van der Waals surface area contributed by atoms with Crippen LogP contribution in [-0.4, -0.2) is 170 Å². The molecule has 0 amide bonds. The molecule has 0 aromatic heterocycles. The summed E-state index contributed by atoms with van der Waals surface area (Å²) in [7, 11) is 1.20. The smallest absolute Gasteiger partial charge is 0.187 e. The molecule has 0 aromatic carbocycles. The Morgan fingerprint density at radius 3 is 1.54 bits per heavy atom. The Balaban J connectivity index is 1.74. The first kappa shape index (κ1) is 28.9. The number of rotatable bonds is 8. The van der Waals surface area contributed by atoms with Crippen LogP contribution in [0.15, 0.2) is 0 Å². The zero-order chi connectivity index (χ0) is 26.0. The van der Waals surface area contributed by atoms with E-state index in [0.717, 1.165) is 0 Å². The molecule has 0 spiro atoms. The van der Waals surface area contributed by atoms with Crippen molar-refractivity contribution in [3.8, 4) is 0 Å². The average molecular weight is 518 g/mol. The van der Waals surface area contributed by atoms with Gasteiger partial charge in [0.2, 0.25) is 0 Å². The molecule has 3 aliphatic rings. The van der Waals surface area contributed by atoms with E-state index in [-0.39, 0.29) is 0 Å². The maximum Gasteiger partial charge on any atom is 0.187 e. The van der Waals surface area contributed by atoms with Crippen molar-refractivity contribution >= 4 is 0 Å². The molecule has 3 fully saturated rings. The van der Waals surface area contributed by atoms with Gasteiger partial charge < -0.3 is 79.5 Å². The molecular weight excluding hydrogens is 484 g/mol. The van der Waals surface area contributed by atoms with Crippen LogP contribution in [0.4, 0.5) is 0 Å². The number of aliphatic hydroxyl groups excluding tert-OH is 10. The molecule has 15 atom stereocenters. The monoisotopic (exact) mass is 518 g/mol. The fourth-order valence-electron chi connectivity index (χ4n) is 4.11. The normalized spacial score (nSPS) is 51.3. The van der Waals surface area contributed by atoms with Crippen LogP contribution in [0.1, 0.15) is 0 Å². The molecule has 0 unspecified atom stereocenters. The van der Waals surface area contributed by atoms with Gasteiger partial charge >= 0.3 is 0 Å². The van der Waals surface area contributed by atoms with Gasteiger partial charge in [-0.2, -0.15) is 0 Å². The van der Waals surface area contributed by atoms with Crippen molar-refractivity contribution in [3.63, 3.8) is 0 Å². The largest absolute Gasteiger partial charge is 0.394 e. The van der Waals surface area contributed by atoms with Gasteiger partial charge in [0.25, 0.3) is 0 Å². The second kappa shape index (κ2) is 12.3. The maximum atomic E-state index is 10.6. The summed E-state index contributed by atoms with van der Waals surface area (Å²) in [4.78, 5) is 0. The first-order valence-corrected chi connectivity index (χ1v) is 11.0. The van der Waals surface area contributed by atoms with Crippen molar-refractivity contribution in [1.29, 1.82) is 0 Å². The van der Waals surface area contributed by atoms with E-state index in [1.54, 1.807) is 0 Å². The predicted octanol–water partition coefficient (Wildman–Crippen LogP) is -6.92. The molecule has 3 heterocycles. The van der Waals surface area contributed by atoms with Gasteiger partial charge in [0.15, 0.2) is 18.9 Å². The van der Waals surface area contributed by atoms with E-state index in [1.807, 2.05) is 0 Å². The van der Waals surface area contributed by atoms with Gasteiger partial charge in [0.1, 0.15) is 73.2 Å². The number of methoxy groups -OCH3 is 1. The molecule has 35 heavy (non-hydrogen) atoms. The van der Waals surface area contributed by atoms with Gasteiger partial charge in [-0.25, -0.2) is 0 Å². The van der Waals surface area contributed by atoms with Gasteiger partial charge in [-0.15, -0.1) is 0 Å². The van der Waals surface area contributed by atoms with Crippen molar-refractivity contribution in [2.45, 2.75) is 92.1 Å². The molecule has 0 radical (unpaired) electrons. The summed E-state index contributed by atoms with van der Waals surface area (Å²) in [5.41, 5.74) is 0. The summed E-state index contributed by atoms with van der Waals surface area (Å²) in [6.07, 6.45) is -23.7. The first-order chi connectivity index (χ1) is 16.5. The molecule has 0 aliphatic carbocycles. The highest BCUT2D eigenvalue weighted by Gasteiger charge is 2.51. The van der Waals surface area contributed by atoms with Gasteiger partial charge in [-0.1, -0.05) is 0 Å². The van der Waals surface area contributed by atoms with E-state index in [9.17, 15) is 51.1 Å². The molecule has 16 nitrogen and oxygen atoms in total. The van der Waals surface area contributed by atoms with Crippen LogP contribution in [0.3, 0.4) is 0 Å². The molecule has 206 valence electrons. The number of hydrogen-bond donors (Lipinski definition) is 10. The van der Waals surface area contributed by atoms with Gasteiger partial charge in [0, 0.05) is 7.11 Å². The molecular formula is C19H34O16. The van der Waals surface area contributed by atoms with Crippen molar-refractivity contribution in [2.24, 2.45) is 0 Å². The van der Waals surface area contributed by atoms with E-state index >= 15 is 0 Å². The minimum Gasteiger partial charge on any atom is -0.394 e. The topological polar surface area (TPSA) is 258 Å². The Hall–Kier alpha value is -0.640. The summed E-state index contributed by atoms with van der Waals surface area (Å²) in [6.45, 7) is -2.00. The van der Waals surface area contributed by atoms with Crippen LogP contribution in [0, 0.1) is 0 Å². The Morgan fingerprint density at radius 2 is 1.00 bits per heavy atom. The number of hydrogen-bond acceptors (Lipinski definition) is 16. The predicted molar refractivity (Wildman–Crippen MR) is 106 cm³/mol. The average Bonchev–Trinajstić information content (AvgIpc) is 2.85. The van der Waals surface area contributed by atoms with Crippen molar-refractivity contribution in [3.05, 3.63) is 0 Å². The second-order valence-corrected chi connectivity index (χ2v) is 8.59. The van der Waals surface area contributed by atoms with E-state index in [0.29, 0.717) is 0 Å². The Labute approximate surface area is 199 Å². The highest BCUT2D eigenvalue weighted by atomic mass is 16.8. The maximum absolute atomic E-state index is 10.6. The molecule has 10 N–H and O–H groups in total. The molecule has 0 saturated carbocycles. The molecule has 3 rings (SSSR count). The van der Waals surface area contributed by atoms with Crippen molar-refractivity contribution < 1.29 is 79.5 Å². The third-order valence-corrected chi connectivity index (χ3v) is 6.29. The van der Waals surface area contributed by atoms with Crippen LogP contribution in [0.5, 0.6) is 0 Å². The standard InChI is InChI=1S/C19H34O16/c1-30-17-14(28)12(26)10(24)7(34-17)4-31-19-16(13(27)9(23)6(3-21)33-19)35-18-15(29)11(25)8(22)5(2-20)32-18/h5-29H,2-4H2,1H3/t5-,6-,7-,8-,9-,10-,11+,12+,13+,14+,15+,16+,17+,18-,19+/m1/s1. The van der Waals surface area contributed by atoms with Crippen LogP contribution in [0.2, 0.25) is 0 Å². The summed E-state index contributed by atoms with van der Waals surface area (Å²) in [6, 6.07) is 0. The third kappa shape index (κ3) is 5.93. The Morgan fingerprint density at radius 1 is 0.543 bits per heavy atom. The van der Waals surface area contributed by atoms with E-state index in [4.69, 9.17) is 28.4 Å². The lowest BCUT2D eigenvalue weighted by atomic mass is 9.97. The van der Waals surface area contributed by atoms with Gasteiger partial charge in [0.05, 0.1) is 19.8 Å². The summed E-state index contributed by atoms with van der Waals surface area (Å²) in [5.74, 6) is 0. The van der Waals surface area contributed by atoms with E-state index in [1.165, 1.54) is 7.11 Å². The molecule has 0 bridgehead atoms. The van der Waals surface area contributed by atoms with Crippen LogP contribution >= 0.6 is 0 Å². The fourth-order valence-corrected chi connectivity index (χ4v) is 4.11. The highest BCUT2D eigenvalue weighted by molar-refractivity contribution is 4.94. The summed E-state index contributed by atoms with van der Waals surface area (Å²) < 4.78 is 32.0. The lowest BCUT2D eigenvalue weighted by Gasteiger charge is -2.46. The zero-order valence-corrected chi connectivity index (χ0v) is 18.7. The molecule has 3 saturated heterocycles. The molecule has 0 aromatic rings. The number of ether oxygens (including phenoxy) is 6. The Kier molecular flexibility index (Phi) is 10.1. The quantitative estimate of drug-likeness (QED) is 0.143. The lowest BCUT2D eigenvalue weighted by Crippen LogP contribution is -2.65. The molecule has 16 heteroatoms. The van der Waals surface area contributed by atoms with Crippen molar-refractivity contribution in [1.82, 2.24) is 0 Å². The highest BCUT2D eigenvalue weighted by Crippen LogP contribution is 2.30. The number of aliphatic hydroxyl groups is 10. The van der Waals surface area contributed by atoms with Crippen LogP contribution < -0.4 is 0 Å². The SMILES string of the molecule is CO[C@H]1O[C@H](CO[C@H]2O[C@H](CO)[C@@H](O)[C@H](O)[C@@H]2O[C@H]2O[C@H](CO)[C@@H](O)[C@H](O)[C@@H]2O)[C@@H](O)[C@H](O)[C@@H]1O. The van der Waals surface area contributed by atoms with Gasteiger partial charge in [-0.3, -0.25) is 0 Å². The zero-order valence-electron chi connectivity index (χ0n) is 18.7. The van der Waals surface area contributed by atoms with Crippen LogP contribution in [0.25, 0.3) is 0 Å². The van der Waals surface area contributed by atoms with E-state index < -0.39 is 112 Å². The minimum atomic E-state index is -1.84. The lowest BCUT2D eigenvalue weighted by molar-refractivity contribution is -0.372. The summed E-state index contributed by atoms with van der Waals surface area (Å²) in [5, 5.41) is 99.9. The van der Waals surface area contributed by atoms with Crippen LogP contribution in [-0.2, 0) is 28.4 Å². The molecule has 3 aliphatic heterocycles. The van der Waals surface area contributed by atoms with Crippen molar-refractivity contribution in [2.75, 3.05) is 26.9 Å². The summed E-state index contributed by atoms with van der Waals surface area (Å²) >= 11 is 0. The minimum absolute atomic E-state index is 0.523. The third-order valence-electron chi connectivity index (χ3n) is 6.29. The Bertz CT molecular complexity index is 652. The van der Waals surface area contributed by atoms with E-state index in [2.05, 4.69) is 0 Å². The fraction of sp³-hybridized carbons (Fsp3) is 1.00.